The molecule has 2 heterocycles. The van der Waals surface area contributed by atoms with E-state index in [4.69, 9.17) is 5.73 Å². The van der Waals surface area contributed by atoms with Crippen molar-refractivity contribution >= 4 is 11.3 Å². The monoisotopic (exact) mass is 238 g/mol. The SMILES string of the molecule is CC(C)(C)C(N)CN1CCc2sccc2C1. The van der Waals surface area contributed by atoms with Crippen LogP contribution in [-0.2, 0) is 13.0 Å². The molecule has 0 fully saturated rings. The summed E-state index contributed by atoms with van der Waals surface area (Å²) in [7, 11) is 0. The molecule has 0 radical (unpaired) electrons. The zero-order chi connectivity index (χ0) is 11.8. The molecule has 16 heavy (non-hydrogen) atoms. The first-order chi connectivity index (χ1) is 7.47. The van der Waals surface area contributed by atoms with E-state index in [2.05, 4.69) is 37.1 Å². The molecule has 0 aliphatic carbocycles. The van der Waals surface area contributed by atoms with Gasteiger partial charge in [0.2, 0.25) is 0 Å². The third-order valence-electron chi connectivity index (χ3n) is 3.45. The van der Waals surface area contributed by atoms with E-state index in [0.29, 0.717) is 0 Å². The first-order valence-electron chi connectivity index (χ1n) is 6.00. The molecule has 2 N–H and O–H groups in total. The highest BCUT2D eigenvalue weighted by atomic mass is 32.1. The quantitative estimate of drug-likeness (QED) is 0.857. The summed E-state index contributed by atoms with van der Waals surface area (Å²) in [6, 6.07) is 2.52. The van der Waals surface area contributed by atoms with Crippen LogP contribution in [0.4, 0.5) is 0 Å². The molecule has 0 aromatic carbocycles. The number of nitrogens with zero attached hydrogens (tertiary/aromatic N) is 1. The van der Waals surface area contributed by atoms with Crippen LogP contribution in [0.25, 0.3) is 0 Å². The number of hydrogen-bond acceptors (Lipinski definition) is 3. The molecule has 2 rings (SSSR count). The second kappa shape index (κ2) is 4.47. The Labute approximate surface area is 102 Å². The summed E-state index contributed by atoms with van der Waals surface area (Å²) in [6.45, 7) is 9.92. The number of thiophene rings is 1. The summed E-state index contributed by atoms with van der Waals surface area (Å²) in [4.78, 5) is 4.06. The van der Waals surface area contributed by atoms with Gasteiger partial charge < -0.3 is 5.73 Å². The van der Waals surface area contributed by atoms with Crippen LogP contribution in [0.3, 0.4) is 0 Å². The van der Waals surface area contributed by atoms with E-state index in [1.54, 1.807) is 4.88 Å². The minimum atomic E-state index is 0.203. The van der Waals surface area contributed by atoms with Crippen molar-refractivity contribution in [3.05, 3.63) is 21.9 Å². The third-order valence-corrected chi connectivity index (χ3v) is 4.48. The molecule has 0 spiro atoms. The summed E-state index contributed by atoms with van der Waals surface area (Å²) in [5.41, 5.74) is 7.95. The van der Waals surface area contributed by atoms with E-state index < -0.39 is 0 Å². The Bertz CT molecular complexity index is 351. The van der Waals surface area contributed by atoms with Crippen LogP contribution in [0.1, 0.15) is 31.2 Å². The molecule has 3 heteroatoms. The molecule has 0 saturated carbocycles. The van der Waals surface area contributed by atoms with Crippen LogP contribution in [0.5, 0.6) is 0 Å². The Hall–Kier alpha value is -0.380. The van der Waals surface area contributed by atoms with Crippen molar-refractivity contribution in [2.45, 2.75) is 39.8 Å². The van der Waals surface area contributed by atoms with Gasteiger partial charge in [-0.05, 0) is 28.8 Å². The fraction of sp³-hybridized carbons (Fsp3) is 0.692. The lowest BCUT2D eigenvalue weighted by atomic mass is 9.87. The summed E-state index contributed by atoms with van der Waals surface area (Å²) in [5.74, 6) is 0. The number of nitrogens with two attached hydrogens (primary N) is 1. The maximum atomic E-state index is 6.24. The predicted octanol–water partition coefficient (Wildman–Crippen LogP) is 2.48. The van der Waals surface area contributed by atoms with Gasteiger partial charge in [-0.15, -0.1) is 11.3 Å². The standard InChI is InChI=1S/C13H22N2S/c1-13(2,3)12(14)9-15-6-4-11-10(8-15)5-7-16-11/h5,7,12H,4,6,8-9,14H2,1-3H3. The van der Waals surface area contributed by atoms with E-state index in [-0.39, 0.29) is 11.5 Å². The van der Waals surface area contributed by atoms with Crippen LogP contribution in [0, 0.1) is 5.41 Å². The average molecular weight is 238 g/mol. The van der Waals surface area contributed by atoms with Crippen LogP contribution < -0.4 is 5.73 Å². The van der Waals surface area contributed by atoms with Gasteiger partial charge in [0.15, 0.2) is 0 Å². The fourth-order valence-electron chi connectivity index (χ4n) is 2.01. The Kier molecular flexibility index (Phi) is 3.38. The molecule has 90 valence electrons. The molecule has 0 amide bonds. The van der Waals surface area contributed by atoms with Crippen molar-refractivity contribution in [1.82, 2.24) is 4.90 Å². The first kappa shape index (κ1) is 12.1. The minimum Gasteiger partial charge on any atom is -0.326 e. The van der Waals surface area contributed by atoms with Crippen LogP contribution in [0.15, 0.2) is 11.4 Å². The van der Waals surface area contributed by atoms with Gasteiger partial charge in [-0.2, -0.15) is 0 Å². The summed E-state index contributed by atoms with van der Waals surface area (Å²) in [5, 5.41) is 2.21. The Morgan fingerprint density at radius 1 is 1.50 bits per heavy atom. The molecule has 1 aromatic rings. The van der Waals surface area contributed by atoms with Crippen LogP contribution in [0.2, 0.25) is 0 Å². The van der Waals surface area contributed by atoms with Crippen molar-refractivity contribution in [1.29, 1.82) is 0 Å². The molecule has 0 bridgehead atoms. The molecule has 1 aromatic heterocycles. The molecule has 1 unspecified atom stereocenters. The fourth-order valence-corrected chi connectivity index (χ4v) is 2.90. The molecular weight excluding hydrogens is 216 g/mol. The highest BCUT2D eigenvalue weighted by molar-refractivity contribution is 7.10. The number of rotatable bonds is 2. The van der Waals surface area contributed by atoms with Gasteiger partial charge in [0.25, 0.3) is 0 Å². The van der Waals surface area contributed by atoms with Gasteiger partial charge in [-0.25, -0.2) is 0 Å². The van der Waals surface area contributed by atoms with Gasteiger partial charge in [0, 0.05) is 30.6 Å². The maximum Gasteiger partial charge on any atom is 0.0245 e. The summed E-state index contributed by atoms with van der Waals surface area (Å²) >= 11 is 1.89. The Morgan fingerprint density at radius 2 is 2.25 bits per heavy atom. The largest absolute Gasteiger partial charge is 0.326 e. The van der Waals surface area contributed by atoms with Gasteiger partial charge in [-0.3, -0.25) is 4.90 Å². The van der Waals surface area contributed by atoms with Crippen LogP contribution >= 0.6 is 11.3 Å². The number of fused-ring (bicyclic) bond motifs is 1. The Balaban J connectivity index is 1.95. The lowest BCUT2D eigenvalue weighted by Crippen LogP contribution is -2.46. The molecule has 1 aliphatic heterocycles. The zero-order valence-corrected chi connectivity index (χ0v) is 11.3. The van der Waals surface area contributed by atoms with Gasteiger partial charge >= 0.3 is 0 Å². The molecule has 1 aliphatic rings. The molecular formula is C13H22N2S. The van der Waals surface area contributed by atoms with Crippen molar-refractivity contribution < 1.29 is 0 Å². The highest BCUT2D eigenvalue weighted by Gasteiger charge is 2.25. The smallest absolute Gasteiger partial charge is 0.0245 e. The third kappa shape index (κ3) is 2.65. The minimum absolute atomic E-state index is 0.203. The van der Waals surface area contributed by atoms with Gasteiger partial charge in [0.1, 0.15) is 0 Å². The topological polar surface area (TPSA) is 29.3 Å². The first-order valence-corrected chi connectivity index (χ1v) is 6.88. The zero-order valence-electron chi connectivity index (χ0n) is 10.5. The lowest BCUT2D eigenvalue weighted by molar-refractivity contribution is 0.187. The second-order valence-corrected chi connectivity index (χ2v) is 6.83. The average Bonchev–Trinajstić information content (AvgIpc) is 2.63. The van der Waals surface area contributed by atoms with Gasteiger partial charge in [0.05, 0.1) is 0 Å². The summed E-state index contributed by atoms with van der Waals surface area (Å²) in [6.07, 6.45) is 1.20. The Morgan fingerprint density at radius 3 is 2.94 bits per heavy atom. The number of hydrogen-bond donors (Lipinski definition) is 1. The van der Waals surface area contributed by atoms with E-state index in [1.165, 1.54) is 12.0 Å². The van der Waals surface area contributed by atoms with Crippen molar-refractivity contribution in [3.63, 3.8) is 0 Å². The van der Waals surface area contributed by atoms with Gasteiger partial charge in [-0.1, -0.05) is 20.8 Å². The van der Waals surface area contributed by atoms with E-state index >= 15 is 0 Å². The normalized spacial score (nSPS) is 19.5. The lowest BCUT2D eigenvalue weighted by Gasteiger charge is -2.34. The summed E-state index contributed by atoms with van der Waals surface area (Å²) < 4.78 is 0. The van der Waals surface area contributed by atoms with E-state index in [9.17, 15) is 0 Å². The van der Waals surface area contributed by atoms with E-state index in [0.717, 1.165) is 19.6 Å². The molecule has 0 saturated heterocycles. The maximum absolute atomic E-state index is 6.24. The second-order valence-electron chi connectivity index (χ2n) is 5.83. The molecule has 2 nitrogen and oxygen atoms in total. The van der Waals surface area contributed by atoms with Crippen molar-refractivity contribution in [2.75, 3.05) is 13.1 Å². The highest BCUT2D eigenvalue weighted by Crippen LogP contribution is 2.25. The van der Waals surface area contributed by atoms with Crippen molar-refractivity contribution in [2.24, 2.45) is 11.1 Å². The molecule has 1 atom stereocenters. The predicted molar refractivity (Wildman–Crippen MR) is 70.7 cm³/mol. The van der Waals surface area contributed by atoms with Crippen molar-refractivity contribution in [3.8, 4) is 0 Å². The van der Waals surface area contributed by atoms with Crippen LogP contribution in [-0.4, -0.2) is 24.0 Å². The van der Waals surface area contributed by atoms with E-state index in [1.807, 2.05) is 11.3 Å².